The maximum absolute atomic E-state index is 13.1. The maximum Gasteiger partial charge on any atom is 0.416 e. The highest BCUT2D eigenvalue weighted by Crippen LogP contribution is 2.37. The quantitative estimate of drug-likeness (QED) is 0.476. The number of para-hydroxylation sites is 1. The Balaban J connectivity index is 1.38. The number of hydrogen-bond donors (Lipinski definition) is 2. The topological polar surface area (TPSA) is 65.2 Å². The van der Waals surface area contributed by atoms with Crippen LogP contribution >= 0.6 is 0 Å². The molecule has 35 heavy (non-hydrogen) atoms. The van der Waals surface area contributed by atoms with E-state index in [4.69, 9.17) is 0 Å². The first-order valence-electron chi connectivity index (χ1n) is 10.8. The molecule has 1 fully saturated rings. The fourth-order valence-electron chi connectivity index (χ4n) is 4.23. The van der Waals surface area contributed by atoms with Gasteiger partial charge < -0.3 is 15.2 Å². The maximum atomic E-state index is 13.1. The summed E-state index contributed by atoms with van der Waals surface area (Å²) in [5.74, 6) is -1.63. The van der Waals surface area contributed by atoms with Gasteiger partial charge >= 0.3 is 12.4 Å². The molecule has 0 saturated carbocycles. The number of carbonyl (C=O) groups is 2. The zero-order chi connectivity index (χ0) is 25.4. The van der Waals surface area contributed by atoms with Gasteiger partial charge in [0.05, 0.1) is 17.0 Å². The Morgan fingerprint density at radius 3 is 2.34 bits per heavy atom. The van der Waals surface area contributed by atoms with E-state index in [9.17, 15) is 35.9 Å². The van der Waals surface area contributed by atoms with Gasteiger partial charge in [-0.15, -0.1) is 0 Å². The minimum absolute atomic E-state index is 0.0409. The summed E-state index contributed by atoms with van der Waals surface area (Å²) in [6.45, 7) is -0.228. The summed E-state index contributed by atoms with van der Waals surface area (Å²) in [6, 6.07) is 8.91. The normalized spacial score (nSPS) is 16.8. The van der Waals surface area contributed by atoms with Crippen molar-refractivity contribution in [2.45, 2.75) is 31.7 Å². The zero-order valence-corrected chi connectivity index (χ0v) is 18.3. The van der Waals surface area contributed by atoms with E-state index in [1.54, 1.807) is 0 Å². The van der Waals surface area contributed by atoms with E-state index in [0.717, 1.165) is 21.4 Å². The van der Waals surface area contributed by atoms with E-state index in [2.05, 4.69) is 10.3 Å². The molecule has 1 unspecified atom stereocenters. The van der Waals surface area contributed by atoms with Crippen molar-refractivity contribution in [2.24, 2.45) is 5.92 Å². The lowest BCUT2D eigenvalue weighted by Gasteiger charge is -2.19. The van der Waals surface area contributed by atoms with Crippen LogP contribution in [-0.2, 0) is 34.9 Å². The lowest BCUT2D eigenvalue weighted by Crippen LogP contribution is -2.34. The van der Waals surface area contributed by atoms with Crippen LogP contribution in [0, 0.1) is 5.92 Å². The molecule has 3 aromatic rings. The lowest BCUT2D eigenvalue weighted by molar-refractivity contribution is -0.143. The molecule has 2 amide bonds. The molecule has 1 aromatic heterocycles. The van der Waals surface area contributed by atoms with E-state index < -0.39 is 41.8 Å². The van der Waals surface area contributed by atoms with Crippen molar-refractivity contribution in [1.82, 2.24) is 15.2 Å². The van der Waals surface area contributed by atoms with Gasteiger partial charge in [0, 0.05) is 43.2 Å². The summed E-state index contributed by atoms with van der Waals surface area (Å²) in [7, 11) is 0. The molecule has 1 aliphatic heterocycles. The van der Waals surface area contributed by atoms with Crippen molar-refractivity contribution in [1.29, 1.82) is 0 Å². The van der Waals surface area contributed by atoms with Crippen LogP contribution in [0.1, 0.15) is 28.7 Å². The molecule has 2 N–H and O–H groups in total. The van der Waals surface area contributed by atoms with Gasteiger partial charge in [0.25, 0.3) is 0 Å². The lowest BCUT2D eigenvalue weighted by atomic mass is 10.0. The van der Waals surface area contributed by atoms with E-state index >= 15 is 0 Å². The highest BCUT2D eigenvalue weighted by Gasteiger charge is 2.38. The zero-order valence-electron chi connectivity index (χ0n) is 18.3. The van der Waals surface area contributed by atoms with Gasteiger partial charge in [-0.1, -0.05) is 18.2 Å². The number of H-pyrrole nitrogens is 1. The summed E-state index contributed by atoms with van der Waals surface area (Å²) in [4.78, 5) is 29.2. The second-order valence-electron chi connectivity index (χ2n) is 8.49. The van der Waals surface area contributed by atoms with Crippen LogP contribution in [0.25, 0.3) is 10.9 Å². The molecule has 2 heterocycles. The van der Waals surface area contributed by atoms with Gasteiger partial charge in [0.1, 0.15) is 0 Å². The van der Waals surface area contributed by atoms with Crippen LogP contribution in [0.5, 0.6) is 0 Å². The minimum atomic E-state index is -4.97. The smallest absolute Gasteiger partial charge is 0.361 e. The number of carbonyl (C=O) groups excluding carboxylic acids is 2. The second-order valence-corrected chi connectivity index (χ2v) is 8.49. The molecular weight excluding hydrogens is 476 g/mol. The number of nitrogens with one attached hydrogen (secondary N) is 2. The number of aromatic amines is 1. The van der Waals surface area contributed by atoms with Crippen LogP contribution in [0.4, 0.5) is 26.3 Å². The third kappa shape index (κ3) is 5.60. The van der Waals surface area contributed by atoms with Gasteiger partial charge in [-0.05, 0) is 41.8 Å². The van der Waals surface area contributed by atoms with Crippen LogP contribution in [0.2, 0.25) is 0 Å². The summed E-state index contributed by atoms with van der Waals surface area (Å²) in [5.41, 5.74) is -1.22. The van der Waals surface area contributed by atoms with Crippen molar-refractivity contribution < 1.29 is 35.9 Å². The first kappa shape index (κ1) is 24.6. The highest BCUT2D eigenvalue weighted by atomic mass is 19.4. The number of benzene rings is 2. The Morgan fingerprint density at radius 2 is 1.69 bits per heavy atom. The molecule has 4 rings (SSSR count). The van der Waals surface area contributed by atoms with Crippen molar-refractivity contribution in [3.05, 3.63) is 70.9 Å². The number of fused-ring (bicyclic) bond motifs is 1. The Kier molecular flexibility index (Phi) is 6.52. The van der Waals surface area contributed by atoms with Gasteiger partial charge in [0.2, 0.25) is 11.8 Å². The summed E-state index contributed by atoms with van der Waals surface area (Å²) < 4.78 is 78.6. The molecule has 1 saturated heterocycles. The Bertz CT molecular complexity index is 1220. The molecular formula is C24H21F6N3O2. The van der Waals surface area contributed by atoms with Gasteiger partial charge in [-0.3, -0.25) is 9.59 Å². The molecule has 1 atom stereocenters. The Hall–Kier alpha value is -3.50. The Morgan fingerprint density at radius 1 is 1.03 bits per heavy atom. The number of alkyl halides is 6. The molecule has 186 valence electrons. The fraction of sp³-hybridized carbons (Fsp3) is 0.333. The molecule has 2 aromatic carbocycles. The molecule has 0 radical (unpaired) electrons. The molecule has 5 nitrogen and oxygen atoms in total. The SMILES string of the molecule is O=C(NCCc1c[nH]c2ccccc12)C1CC(=O)N(Cc2cc(C(F)(F)F)cc(C(F)(F)F)c2)C1. The third-order valence-electron chi connectivity index (χ3n) is 5.97. The van der Waals surface area contributed by atoms with Gasteiger partial charge in [0.15, 0.2) is 0 Å². The number of rotatable bonds is 6. The third-order valence-corrected chi connectivity index (χ3v) is 5.97. The second kappa shape index (κ2) is 9.27. The van der Waals surface area contributed by atoms with E-state index in [-0.39, 0.29) is 30.5 Å². The molecule has 1 aliphatic rings. The van der Waals surface area contributed by atoms with Gasteiger partial charge in [-0.25, -0.2) is 0 Å². The summed E-state index contributed by atoms with van der Waals surface area (Å²) in [5, 5.41) is 3.79. The largest absolute Gasteiger partial charge is 0.416 e. The molecule has 0 spiro atoms. The number of aromatic nitrogens is 1. The number of likely N-dealkylation sites (tertiary alicyclic amines) is 1. The van der Waals surface area contributed by atoms with E-state index in [0.29, 0.717) is 25.1 Å². The first-order chi connectivity index (χ1) is 16.4. The monoisotopic (exact) mass is 497 g/mol. The van der Waals surface area contributed by atoms with Crippen LogP contribution in [0.3, 0.4) is 0 Å². The van der Waals surface area contributed by atoms with Crippen molar-refractivity contribution in [2.75, 3.05) is 13.1 Å². The minimum Gasteiger partial charge on any atom is -0.361 e. The molecule has 11 heteroatoms. The van der Waals surface area contributed by atoms with Crippen molar-refractivity contribution in [3.8, 4) is 0 Å². The van der Waals surface area contributed by atoms with E-state index in [1.807, 2.05) is 30.5 Å². The van der Waals surface area contributed by atoms with Crippen LogP contribution < -0.4 is 5.32 Å². The fourth-order valence-corrected chi connectivity index (χ4v) is 4.23. The predicted octanol–water partition coefficient (Wildman–Crippen LogP) is 4.91. The van der Waals surface area contributed by atoms with E-state index in [1.165, 1.54) is 0 Å². The predicted molar refractivity (Wildman–Crippen MR) is 115 cm³/mol. The molecule has 0 bridgehead atoms. The summed E-state index contributed by atoms with van der Waals surface area (Å²) >= 11 is 0. The number of halogens is 6. The highest BCUT2D eigenvalue weighted by molar-refractivity contribution is 5.89. The standard InChI is InChI=1S/C24H21F6N3O2/c25-23(26,27)17-7-14(8-18(10-17)24(28,29)30)12-33-13-16(9-21(33)34)22(35)31-6-5-15-11-32-20-4-2-1-3-19(15)20/h1-4,7-8,10-11,16,32H,5-6,9,12-13H2,(H,31,35). The van der Waals surface area contributed by atoms with Crippen LogP contribution in [0.15, 0.2) is 48.7 Å². The first-order valence-corrected chi connectivity index (χ1v) is 10.8. The average Bonchev–Trinajstić information content (AvgIpc) is 3.36. The number of amides is 2. The molecule has 0 aliphatic carbocycles. The number of hydrogen-bond acceptors (Lipinski definition) is 2. The van der Waals surface area contributed by atoms with Crippen molar-refractivity contribution >= 4 is 22.7 Å². The summed E-state index contributed by atoms with van der Waals surface area (Å²) in [6.07, 6.45) is -7.72. The van der Waals surface area contributed by atoms with Gasteiger partial charge in [-0.2, -0.15) is 26.3 Å². The number of nitrogens with zero attached hydrogens (tertiary/aromatic N) is 1. The average molecular weight is 497 g/mol. The van der Waals surface area contributed by atoms with Crippen molar-refractivity contribution in [3.63, 3.8) is 0 Å². The Labute approximate surface area is 196 Å². The van der Waals surface area contributed by atoms with Crippen LogP contribution in [-0.4, -0.2) is 34.8 Å².